The van der Waals surface area contributed by atoms with E-state index in [0.717, 1.165) is 0 Å². The lowest BCUT2D eigenvalue weighted by Crippen LogP contribution is -2.48. The fraction of sp³-hybridized carbons (Fsp3) is 0.875. The first-order valence-electron chi connectivity index (χ1n) is 4.25. The quantitative estimate of drug-likeness (QED) is 0.667. The van der Waals surface area contributed by atoms with Crippen LogP contribution >= 0.6 is 12.4 Å². The average molecular weight is 210 g/mol. The van der Waals surface area contributed by atoms with Gasteiger partial charge in [0.05, 0.1) is 13.2 Å². The summed E-state index contributed by atoms with van der Waals surface area (Å²) in [6.45, 7) is 5.34. The summed E-state index contributed by atoms with van der Waals surface area (Å²) in [5.74, 6) is -0.267. The minimum atomic E-state index is -0.416. The normalized spacial score (nSPS) is 27.5. The Kier molecular flexibility index (Phi) is 6.03. The third-order valence-electron chi connectivity index (χ3n) is 1.75. The summed E-state index contributed by atoms with van der Waals surface area (Å²) in [5.41, 5.74) is 0. The molecule has 13 heavy (non-hydrogen) atoms. The van der Waals surface area contributed by atoms with E-state index in [-0.39, 0.29) is 18.4 Å². The third-order valence-corrected chi connectivity index (χ3v) is 1.75. The summed E-state index contributed by atoms with van der Waals surface area (Å²) < 4.78 is 10.1. The number of rotatable bonds is 2. The molecule has 0 aliphatic carbocycles. The molecule has 1 aliphatic heterocycles. The lowest BCUT2D eigenvalue weighted by molar-refractivity contribution is -0.159. The van der Waals surface area contributed by atoms with Gasteiger partial charge in [0.25, 0.3) is 0 Å². The van der Waals surface area contributed by atoms with Crippen LogP contribution in [-0.2, 0) is 14.3 Å². The fourth-order valence-electron chi connectivity index (χ4n) is 1.07. The highest BCUT2D eigenvalue weighted by Gasteiger charge is 2.25. The van der Waals surface area contributed by atoms with Crippen molar-refractivity contribution in [3.63, 3.8) is 0 Å². The molecule has 0 amide bonds. The highest BCUT2D eigenvalue weighted by atomic mass is 35.5. The molecule has 0 saturated carbocycles. The first-order chi connectivity index (χ1) is 5.74. The number of nitrogens with one attached hydrogen (secondary N) is 1. The molecule has 1 rings (SSSR count). The predicted octanol–water partition coefficient (Wildman–Crippen LogP) is 0.348. The van der Waals surface area contributed by atoms with Gasteiger partial charge in [0.1, 0.15) is 0 Å². The second kappa shape index (κ2) is 6.18. The van der Waals surface area contributed by atoms with Gasteiger partial charge in [0, 0.05) is 12.6 Å². The van der Waals surface area contributed by atoms with Crippen LogP contribution in [0.4, 0.5) is 0 Å². The van der Waals surface area contributed by atoms with Crippen LogP contribution in [0.2, 0.25) is 0 Å². The second-order valence-corrected chi connectivity index (χ2v) is 2.88. The van der Waals surface area contributed by atoms with Crippen LogP contribution < -0.4 is 5.32 Å². The number of halogens is 1. The zero-order chi connectivity index (χ0) is 8.97. The van der Waals surface area contributed by atoms with E-state index in [1.54, 1.807) is 6.92 Å². The summed E-state index contributed by atoms with van der Waals surface area (Å²) >= 11 is 0. The molecule has 1 N–H and O–H groups in total. The number of carbonyl (C=O) groups excluding carboxylic acids is 1. The highest BCUT2D eigenvalue weighted by Crippen LogP contribution is 2.02. The van der Waals surface area contributed by atoms with Crippen molar-refractivity contribution in [2.75, 3.05) is 19.8 Å². The molecular weight excluding hydrogens is 194 g/mol. The molecule has 0 bridgehead atoms. The SMILES string of the molecule is CCOC(=O)[C@H]1CNC(C)CO1.Cl. The maximum atomic E-state index is 11.1. The van der Waals surface area contributed by atoms with Crippen LogP contribution in [-0.4, -0.2) is 37.9 Å². The van der Waals surface area contributed by atoms with Crippen LogP contribution in [0.25, 0.3) is 0 Å². The lowest BCUT2D eigenvalue weighted by atomic mass is 10.2. The van der Waals surface area contributed by atoms with Gasteiger partial charge in [0.15, 0.2) is 6.10 Å². The van der Waals surface area contributed by atoms with Crippen LogP contribution in [0.5, 0.6) is 0 Å². The number of hydrogen-bond acceptors (Lipinski definition) is 4. The molecule has 0 radical (unpaired) electrons. The summed E-state index contributed by atoms with van der Waals surface area (Å²) in [5, 5.41) is 3.15. The van der Waals surface area contributed by atoms with Gasteiger partial charge in [-0.3, -0.25) is 0 Å². The summed E-state index contributed by atoms with van der Waals surface area (Å²) in [6.07, 6.45) is -0.416. The van der Waals surface area contributed by atoms with Gasteiger partial charge in [-0.15, -0.1) is 12.4 Å². The summed E-state index contributed by atoms with van der Waals surface area (Å²) in [4.78, 5) is 11.1. The number of ether oxygens (including phenoxy) is 2. The Morgan fingerprint density at radius 3 is 2.85 bits per heavy atom. The molecule has 1 aliphatic rings. The monoisotopic (exact) mass is 209 g/mol. The van der Waals surface area contributed by atoms with E-state index in [4.69, 9.17) is 9.47 Å². The van der Waals surface area contributed by atoms with Crippen molar-refractivity contribution in [3.05, 3.63) is 0 Å². The molecule has 78 valence electrons. The third kappa shape index (κ3) is 3.93. The highest BCUT2D eigenvalue weighted by molar-refractivity contribution is 5.85. The fourth-order valence-corrected chi connectivity index (χ4v) is 1.07. The molecule has 0 aromatic heterocycles. The minimum absolute atomic E-state index is 0. The molecule has 5 heteroatoms. The Morgan fingerprint density at radius 1 is 1.69 bits per heavy atom. The van der Waals surface area contributed by atoms with Crippen molar-refractivity contribution in [2.24, 2.45) is 0 Å². The number of carbonyl (C=O) groups is 1. The van der Waals surface area contributed by atoms with Crippen molar-refractivity contribution in [1.82, 2.24) is 5.32 Å². The molecular formula is C8H16ClNO3. The van der Waals surface area contributed by atoms with Crippen LogP contribution in [0.3, 0.4) is 0 Å². The first kappa shape index (κ1) is 12.7. The predicted molar refractivity (Wildman–Crippen MR) is 51.1 cm³/mol. The van der Waals surface area contributed by atoms with Crippen molar-refractivity contribution >= 4 is 18.4 Å². The molecule has 1 heterocycles. The minimum Gasteiger partial charge on any atom is -0.464 e. The summed E-state index contributed by atoms with van der Waals surface area (Å²) in [6, 6.07) is 0.329. The Bertz CT molecular complexity index is 157. The van der Waals surface area contributed by atoms with Gasteiger partial charge in [-0.1, -0.05) is 0 Å². The zero-order valence-electron chi connectivity index (χ0n) is 7.91. The van der Waals surface area contributed by atoms with Gasteiger partial charge >= 0.3 is 5.97 Å². The van der Waals surface area contributed by atoms with Gasteiger partial charge in [-0.25, -0.2) is 4.79 Å². The standard InChI is InChI=1S/C8H15NO3.ClH/c1-3-11-8(10)7-4-9-6(2)5-12-7;/h6-7,9H,3-5H2,1-2H3;1H/t6?,7-;/m1./s1. The summed E-state index contributed by atoms with van der Waals surface area (Å²) in [7, 11) is 0. The van der Waals surface area contributed by atoms with E-state index in [0.29, 0.717) is 25.8 Å². The smallest absolute Gasteiger partial charge is 0.336 e. The molecule has 0 spiro atoms. The maximum absolute atomic E-state index is 11.1. The van der Waals surface area contributed by atoms with Gasteiger partial charge in [0.2, 0.25) is 0 Å². The molecule has 1 unspecified atom stereocenters. The van der Waals surface area contributed by atoms with E-state index in [1.807, 2.05) is 6.92 Å². The van der Waals surface area contributed by atoms with Crippen molar-refractivity contribution in [1.29, 1.82) is 0 Å². The largest absolute Gasteiger partial charge is 0.464 e. The topological polar surface area (TPSA) is 47.6 Å². The van der Waals surface area contributed by atoms with Crippen LogP contribution in [0.15, 0.2) is 0 Å². The van der Waals surface area contributed by atoms with E-state index in [2.05, 4.69) is 5.32 Å². The van der Waals surface area contributed by atoms with E-state index in [9.17, 15) is 4.79 Å². The molecule has 4 nitrogen and oxygen atoms in total. The van der Waals surface area contributed by atoms with Gasteiger partial charge in [-0.2, -0.15) is 0 Å². The van der Waals surface area contributed by atoms with E-state index in [1.165, 1.54) is 0 Å². The molecule has 0 aromatic rings. The maximum Gasteiger partial charge on any atom is 0.336 e. The van der Waals surface area contributed by atoms with Crippen molar-refractivity contribution in [3.8, 4) is 0 Å². The first-order valence-corrected chi connectivity index (χ1v) is 4.25. The van der Waals surface area contributed by atoms with Gasteiger partial charge < -0.3 is 14.8 Å². The average Bonchev–Trinajstić information content (AvgIpc) is 2.06. The molecule has 0 aromatic carbocycles. The molecule has 1 saturated heterocycles. The number of hydrogen-bond donors (Lipinski definition) is 1. The lowest BCUT2D eigenvalue weighted by Gasteiger charge is -2.26. The Balaban J connectivity index is 0.00000144. The van der Waals surface area contributed by atoms with E-state index < -0.39 is 6.10 Å². The van der Waals surface area contributed by atoms with Crippen LogP contribution in [0, 0.1) is 0 Å². The number of esters is 1. The molecule has 1 fully saturated rings. The van der Waals surface area contributed by atoms with E-state index >= 15 is 0 Å². The number of morpholine rings is 1. The van der Waals surface area contributed by atoms with Crippen LogP contribution in [0.1, 0.15) is 13.8 Å². The van der Waals surface area contributed by atoms with Crippen molar-refractivity contribution in [2.45, 2.75) is 26.0 Å². The second-order valence-electron chi connectivity index (χ2n) is 2.88. The zero-order valence-corrected chi connectivity index (χ0v) is 8.73. The van der Waals surface area contributed by atoms with Gasteiger partial charge in [-0.05, 0) is 13.8 Å². The Labute approximate surface area is 84.4 Å². The molecule has 2 atom stereocenters. The van der Waals surface area contributed by atoms with Crippen molar-refractivity contribution < 1.29 is 14.3 Å². The Hall–Kier alpha value is -0.320. The Morgan fingerprint density at radius 2 is 2.38 bits per heavy atom.